The number of nitriles is 1. The lowest BCUT2D eigenvalue weighted by molar-refractivity contribution is -0.150. The van der Waals surface area contributed by atoms with E-state index in [2.05, 4.69) is 16.7 Å². The van der Waals surface area contributed by atoms with E-state index >= 15 is 0 Å². The number of nitrogens with two attached hydrogens (primary N) is 1. The highest BCUT2D eigenvalue weighted by molar-refractivity contribution is 6.02. The lowest BCUT2D eigenvalue weighted by atomic mass is 9.71. The molecule has 1 aliphatic carbocycles. The Balaban J connectivity index is 1.86. The molecule has 2 aromatic rings. The zero-order chi connectivity index (χ0) is 30.3. The molecule has 11 heteroatoms. The van der Waals surface area contributed by atoms with Crippen LogP contribution in [0.25, 0.3) is 0 Å². The van der Waals surface area contributed by atoms with Gasteiger partial charge in [0.15, 0.2) is 18.0 Å². The number of methoxy groups -OCH3 is 3. The predicted molar refractivity (Wildman–Crippen MR) is 150 cm³/mol. The van der Waals surface area contributed by atoms with Gasteiger partial charge in [-0.2, -0.15) is 5.26 Å². The zero-order valence-corrected chi connectivity index (χ0v) is 24.0. The van der Waals surface area contributed by atoms with Crippen molar-refractivity contribution in [3.05, 3.63) is 64.7 Å². The number of carbonyl (C=O) groups excluding carboxylic acids is 3. The van der Waals surface area contributed by atoms with E-state index in [-0.39, 0.29) is 24.8 Å². The van der Waals surface area contributed by atoms with Crippen LogP contribution in [0.15, 0.2) is 42.5 Å². The molecule has 0 saturated heterocycles. The summed E-state index contributed by atoms with van der Waals surface area (Å²) in [6, 6.07) is 13.1. The molecule has 5 atom stereocenters. The number of nitrogens with zero attached hydrogens (tertiary/aromatic N) is 1. The van der Waals surface area contributed by atoms with Crippen LogP contribution in [-0.4, -0.2) is 74.9 Å². The number of ether oxygens (including phenoxy) is 3. The van der Waals surface area contributed by atoms with Gasteiger partial charge in [0.25, 0.3) is 5.91 Å². The van der Waals surface area contributed by atoms with Crippen LogP contribution in [0.4, 0.5) is 0 Å². The van der Waals surface area contributed by atoms with E-state index < -0.39 is 41.6 Å². The van der Waals surface area contributed by atoms with Crippen LogP contribution < -0.4 is 21.1 Å². The number of hydrogen-bond donors (Lipinski definition) is 4. The molecule has 11 nitrogen and oxygen atoms in total. The van der Waals surface area contributed by atoms with Gasteiger partial charge in [0.05, 0.1) is 30.9 Å². The number of aliphatic hydroxyl groups is 1. The van der Waals surface area contributed by atoms with Crippen molar-refractivity contribution in [3.8, 4) is 11.8 Å². The first-order valence-corrected chi connectivity index (χ1v) is 13.2. The minimum absolute atomic E-state index is 0.0315. The number of benzene rings is 2. The second-order valence-electron chi connectivity index (χ2n) is 10.7. The fourth-order valence-electron chi connectivity index (χ4n) is 5.15. The average Bonchev–Trinajstić information content (AvgIpc) is 2.95. The molecule has 220 valence electrons. The topological polar surface area (TPSA) is 173 Å². The summed E-state index contributed by atoms with van der Waals surface area (Å²) in [7, 11) is 4.04. The van der Waals surface area contributed by atoms with Gasteiger partial charge >= 0.3 is 0 Å². The number of hydrogen-bond acceptors (Lipinski definition) is 9. The van der Waals surface area contributed by atoms with Gasteiger partial charge in [-0.1, -0.05) is 26.0 Å². The first kappa shape index (κ1) is 31.7. The smallest absolute Gasteiger partial charge is 0.252 e. The Morgan fingerprint density at radius 1 is 1.15 bits per heavy atom. The van der Waals surface area contributed by atoms with Gasteiger partial charge in [-0.25, -0.2) is 0 Å². The molecule has 1 aliphatic rings. The standard InChI is InChI=1S/C30H38N4O7/c1-30(2)14-23(21-13-19(39-3)9-10-20(21)27(30)36)33-16-24(35)22(12-17-7-6-8-18(11-17)15-31)34-29(38)26(41-5)25(40-4)28(32)37/h6-11,13,22-26,33,35H,12,14,16H2,1-5H3,(H2,32,37)(H,34,38)/t22-,23+,24-,25?,26?/m0/s1. The van der Waals surface area contributed by atoms with Gasteiger partial charge in [-0.05, 0) is 54.3 Å². The summed E-state index contributed by atoms with van der Waals surface area (Å²) in [5.74, 6) is -0.931. The normalized spacial score (nSPS) is 18.8. The Morgan fingerprint density at radius 2 is 1.85 bits per heavy atom. The highest BCUT2D eigenvalue weighted by atomic mass is 16.5. The third-order valence-corrected chi connectivity index (χ3v) is 7.41. The number of aliphatic hydroxyl groups excluding tert-OH is 1. The number of fused-ring (bicyclic) bond motifs is 1. The van der Waals surface area contributed by atoms with Crippen molar-refractivity contribution in [3.63, 3.8) is 0 Å². The van der Waals surface area contributed by atoms with Crippen molar-refractivity contribution in [2.45, 2.75) is 57.1 Å². The highest BCUT2D eigenvalue weighted by Crippen LogP contribution is 2.41. The summed E-state index contributed by atoms with van der Waals surface area (Å²) in [6.45, 7) is 3.82. The van der Waals surface area contributed by atoms with Crippen LogP contribution in [-0.2, 0) is 25.5 Å². The SMILES string of the molecule is COc1ccc2c(c1)[C@H](NC[C@H](O)[C@H](Cc1cccc(C#N)c1)NC(=O)C(OC)C(OC)C(N)=O)CC(C)(C)C2=O. The first-order chi connectivity index (χ1) is 19.4. The summed E-state index contributed by atoms with van der Waals surface area (Å²) in [6.07, 6.45) is -3.15. The maximum atomic E-state index is 13.2. The van der Waals surface area contributed by atoms with E-state index in [1.165, 1.54) is 14.2 Å². The molecule has 0 saturated carbocycles. The third-order valence-electron chi connectivity index (χ3n) is 7.41. The van der Waals surface area contributed by atoms with Crippen molar-refractivity contribution in [1.29, 1.82) is 5.26 Å². The molecule has 2 amide bonds. The Morgan fingerprint density at radius 3 is 2.46 bits per heavy atom. The number of amides is 2. The Labute approximate surface area is 240 Å². The maximum Gasteiger partial charge on any atom is 0.252 e. The third kappa shape index (κ3) is 7.48. The van der Waals surface area contributed by atoms with E-state index in [0.717, 1.165) is 5.56 Å². The van der Waals surface area contributed by atoms with Crippen molar-refractivity contribution in [2.75, 3.05) is 27.9 Å². The van der Waals surface area contributed by atoms with Gasteiger partial charge in [-0.3, -0.25) is 14.4 Å². The number of Topliss-reactive ketones (excluding diaryl/α,β-unsaturated/α-hetero) is 1. The van der Waals surface area contributed by atoms with Gasteiger partial charge in [0.2, 0.25) is 5.91 Å². The molecule has 0 aromatic heterocycles. The largest absolute Gasteiger partial charge is 0.497 e. The molecule has 0 radical (unpaired) electrons. The van der Waals surface area contributed by atoms with E-state index in [1.54, 1.807) is 43.5 Å². The summed E-state index contributed by atoms with van der Waals surface area (Å²) in [4.78, 5) is 38.1. The Kier molecular flexibility index (Phi) is 10.6. The van der Waals surface area contributed by atoms with Crippen molar-refractivity contribution in [1.82, 2.24) is 10.6 Å². The molecular weight excluding hydrogens is 528 g/mol. The molecule has 3 rings (SSSR count). The van der Waals surface area contributed by atoms with Crippen LogP contribution in [0.2, 0.25) is 0 Å². The minimum Gasteiger partial charge on any atom is -0.497 e. The van der Waals surface area contributed by atoms with Crippen LogP contribution >= 0.6 is 0 Å². The van der Waals surface area contributed by atoms with E-state index in [9.17, 15) is 24.8 Å². The summed E-state index contributed by atoms with van der Waals surface area (Å²) < 4.78 is 15.7. The minimum atomic E-state index is -1.35. The molecule has 5 N–H and O–H groups in total. The number of primary amides is 1. The van der Waals surface area contributed by atoms with Crippen LogP contribution in [0.5, 0.6) is 5.75 Å². The van der Waals surface area contributed by atoms with E-state index in [1.807, 2.05) is 19.9 Å². The van der Waals surface area contributed by atoms with Crippen LogP contribution in [0.1, 0.15) is 53.4 Å². The second-order valence-corrected chi connectivity index (χ2v) is 10.7. The summed E-state index contributed by atoms with van der Waals surface area (Å²) >= 11 is 0. The highest BCUT2D eigenvalue weighted by Gasteiger charge is 2.40. The molecule has 41 heavy (non-hydrogen) atoms. The predicted octanol–water partition coefficient (Wildman–Crippen LogP) is 1.41. The fraction of sp³-hybridized carbons (Fsp3) is 0.467. The Hall–Kier alpha value is -3.82. The Bertz CT molecular complexity index is 1310. The molecule has 2 unspecified atom stereocenters. The molecule has 0 aliphatic heterocycles. The summed E-state index contributed by atoms with van der Waals surface area (Å²) in [5.41, 5.74) is 7.25. The number of nitrogens with one attached hydrogen (secondary N) is 2. The van der Waals surface area contributed by atoms with E-state index in [0.29, 0.717) is 28.9 Å². The molecule has 0 fully saturated rings. The number of carbonyl (C=O) groups is 3. The fourth-order valence-corrected chi connectivity index (χ4v) is 5.15. The maximum absolute atomic E-state index is 13.2. The lowest BCUT2D eigenvalue weighted by Crippen LogP contribution is -2.56. The number of rotatable bonds is 13. The lowest BCUT2D eigenvalue weighted by Gasteiger charge is -2.37. The molecule has 0 bridgehead atoms. The number of ketones is 1. The summed E-state index contributed by atoms with van der Waals surface area (Å²) in [5, 5.41) is 26.8. The average molecular weight is 567 g/mol. The zero-order valence-electron chi connectivity index (χ0n) is 24.0. The van der Waals surface area contributed by atoms with Crippen molar-refractivity contribution >= 4 is 17.6 Å². The van der Waals surface area contributed by atoms with Crippen LogP contribution in [0.3, 0.4) is 0 Å². The van der Waals surface area contributed by atoms with Crippen molar-refractivity contribution < 1.29 is 33.7 Å². The second kappa shape index (κ2) is 13.7. The van der Waals surface area contributed by atoms with Gasteiger partial charge < -0.3 is 35.7 Å². The van der Waals surface area contributed by atoms with Gasteiger partial charge in [-0.15, -0.1) is 0 Å². The van der Waals surface area contributed by atoms with Crippen LogP contribution in [0, 0.1) is 16.7 Å². The quantitative estimate of drug-likeness (QED) is 0.280. The monoisotopic (exact) mass is 566 g/mol. The first-order valence-electron chi connectivity index (χ1n) is 13.2. The molecular formula is C30H38N4O7. The molecule has 0 heterocycles. The van der Waals surface area contributed by atoms with E-state index in [4.69, 9.17) is 19.9 Å². The van der Waals surface area contributed by atoms with Gasteiger partial charge in [0.1, 0.15) is 5.75 Å². The molecule has 2 aromatic carbocycles. The molecule has 0 spiro atoms. The van der Waals surface area contributed by atoms with Gasteiger partial charge in [0, 0.05) is 37.8 Å². The van der Waals surface area contributed by atoms with Crippen molar-refractivity contribution in [2.24, 2.45) is 11.1 Å².